The molecule has 3 N–H and O–H groups in total. The number of aryl methyl sites for hydroxylation is 1. The number of nitrogen functional groups attached to an aromatic ring is 1. The molecule has 0 saturated heterocycles. The van der Waals surface area contributed by atoms with Crippen molar-refractivity contribution in [1.29, 1.82) is 5.26 Å². The maximum absolute atomic E-state index is 8.90. The van der Waals surface area contributed by atoms with Crippen molar-refractivity contribution in [2.75, 3.05) is 11.1 Å². The van der Waals surface area contributed by atoms with Gasteiger partial charge in [-0.2, -0.15) is 9.64 Å². The molecule has 0 fully saturated rings. The topological polar surface area (TPSA) is 74.7 Å². The SMILES string of the molecule is Cc1ccsc1CNc1snc(N)c1C#N. The summed E-state index contributed by atoms with van der Waals surface area (Å²) < 4.78 is 3.95. The number of thiophene rings is 1. The lowest BCUT2D eigenvalue weighted by Gasteiger charge is -2.02. The highest BCUT2D eigenvalue weighted by molar-refractivity contribution is 7.11. The Morgan fingerprint density at radius 2 is 2.44 bits per heavy atom. The first kappa shape index (κ1) is 10.9. The molecule has 0 radical (unpaired) electrons. The molecule has 2 aromatic rings. The van der Waals surface area contributed by atoms with Crippen LogP contribution in [0, 0.1) is 18.3 Å². The highest BCUT2D eigenvalue weighted by Gasteiger charge is 2.10. The molecule has 2 heterocycles. The molecule has 0 bridgehead atoms. The van der Waals surface area contributed by atoms with Crippen LogP contribution in [-0.2, 0) is 6.54 Å². The third-order valence-corrected chi connectivity index (χ3v) is 4.05. The number of nitrogens with two attached hydrogens (primary N) is 1. The van der Waals surface area contributed by atoms with Crippen LogP contribution >= 0.6 is 22.9 Å². The number of aromatic nitrogens is 1. The standard InChI is InChI=1S/C10H10N4S2/c1-6-2-3-15-8(6)5-13-10-7(4-11)9(12)14-16-10/h2-3,13H,5H2,1H3,(H2,12,14). The summed E-state index contributed by atoms with van der Waals surface area (Å²) in [6, 6.07) is 4.13. The number of hydrogen-bond acceptors (Lipinski definition) is 6. The van der Waals surface area contributed by atoms with Crippen molar-refractivity contribution in [3.8, 4) is 6.07 Å². The van der Waals surface area contributed by atoms with Crippen molar-refractivity contribution >= 4 is 33.7 Å². The van der Waals surface area contributed by atoms with Crippen LogP contribution in [0.4, 0.5) is 10.8 Å². The van der Waals surface area contributed by atoms with E-state index >= 15 is 0 Å². The van der Waals surface area contributed by atoms with E-state index in [9.17, 15) is 0 Å². The summed E-state index contributed by atoms with van der Waals surface area (Å²) in [4.78, 5) is 1.26. The fraction of sp³-hybridized carbons (Fsp3) is 0.200. The number of nitrogens with zero attached hydrogens (tertiary/aromatic N) is 2. The molecule has 0 aliphatic carbocycles. The van der Waals surface area contributed by atoms with Gasteiger partial charge in [0.2, 0.25) is 0 Å². The number of nitriles is 1. The molecular formula is C10H10N4S2. The first-order chi connectivity index (χ1) is 7.72. The van der Waals surface area contributed by atoms with Gasteiger partial charge in [0.05, 0.1) is 6.54 Å². The Kier molecular flexibility index (Phi) is 3.08. The largest absolute Gasteiger partial charge is 0.382 e. The lowest BCUT2D eigenvalue weighted by molar-refractivity contribution is 1.18. The van der Waals surface area contributed by atoms with Gasteiger partial charge in [-0.3, -0.25) is 0 Å². The van der Waals surface area contributed by atoms with E-state index < -0.39 is 0 Å². The minimum atomic E-state index is 0.304. The van der Waals surface area contributed by atoms with Gasteiger partial charge in [-0.05, 0) is 35.5 Å². The Hall–Kier alpha value is -1.58. The van der Waals surface area contributed by atoms with Crippen molar-refractivity contribution in [3.63, 3.8) is 0 Å². The summed E-state index contributed by atoms with van der Waals surface area (Å²) in [5.41, 5.74) is 7.27. The van der Waals surface area contributed by atoms with Crippen molar-refractivity contribution in [3.05, 3.63) is 27.5 Å². The van der Waals surface area contributed by atoms with Crippen LogP contribution in [0.5, 0.6) is 0 Å². The second-order valence-corrected chi connectivity index (χ2v) is 5.04. The molecule has 82 valence electrons. The monoisotopic (exact) mass is 250 g/mol. The first-order valence-electron chi connectivity index (χ1n) is 4.64. The number of anilines is 2. The Morgan fingerprint density at radius 3 is 3.06 bits per heavy atom. The van der Waals surface area contributed by atoms with E-state index in [4.69, 9.17) is 11.0 Å². The van der Waals surface area contributed by atoms with E-state index in [-0.39, 0.29) is 0 Å². The number of hydrogen-bond donors (Lipinski definition) is 2. The van der Waals surface area contributed by atoms with Crippen LogP contribution in [0.2, 0.25) is 0 Å². The van der Waals surface area contributed by atoms with E-state index in [0.29, 0.717) is 17.9 Å². The minimum absolute atomic E-state index is 0.304. The smallest absolute Gasteiger partial charge is 0.157 e. The Bertz CT molecular complexity index is 535. The third kappa shape index (κ3) is 2.01. The molecule has 0 unspecified atom stereocenters. The average molecular weight is 250 g/mol. The summed E-state index contributed by atoms with van der Waals surface area (Å²) >= 11 is 2.92. The quantitative estimate of drug-likeness (QED) is 0.878. The van der Waals surface area contributed by atoms with E-state index in [1.165, 1.54) is 22.0 Å². The molecule has 0 aliphatic heterocycles. The zero-order valence-corrected chi connectivity index (χ0v) is 10.3. The summed E-state index contributed by atoms with van der Waals surface area (Å²) in [5.74, 6) is 0.304. The minimum Gasteiger partial charge on any atom is -0.382 e. The zero-order valence-electron chi connectivity index (χ0n) is 8.65. The fourth-order valence-corrected chi connectivity index (χ4v) is 2.78. The van der Waals surface area contributed by atoms with Gasteiger partial charge in [0, 0.05) is 4.88 Å². The van der Waals surface area contributed by atoms with E-state index in [0.717, 1.165) is 5.00 Å². The highest BCUT2D eigenvalue weighted by Crippen LogP contribution is 2.27. The molecule has 0 saturated carbocycles. The third-order valence-electron chi connectivity index (χ3n) is 2.21. The van der Waals surface area contributed by atoms with Crippen molar-refractivity contribution < 1.29 is 0 Å². The van der Waals surface area contributed by atoms with Gasteiger partial charge in [-0.25, -0.2) is 0 Å². The summed E-state index contributed by atoms with van der Waals surface area (Å²) in [6.07, 6.45) is 0. The highest BCUT2D eigenvalue weighted by atomic mass is 32.1. The molecule has 2 rings (SSSR count). The molecule has 0 atom stereocenters. The lowest BCUT2D eigenvalue weighted by atomic mass is 10.3. The first-order valence-corrected chi connectivity index (χ1v) is 6.29. The molecule has 2 aromatic heterocycles. The van der Waals surface area contributed by atoms with Crippen LogP contribution in [0.25, 0.3) is 0 Å². The van der Waals surface area contributed by atoms with Gasteiger partial charge in [-0.1, -0.05) is 0 Å². The van der Waals surface area contributed by atoms with Crippen molar-refractivity contribution in [2.45, 2.75) is 13.5 Å². The lowest BCUT2D eigenvalue weighted by Crippen LogP contribution is -1.99. The van der Waals surface area contributed by atoms with Crippen molar-refractivity contribution in [2.24, 2.45) is 0 Å². The van der Waals surface area contributed by atoms with Crippen LogP contribution < -0.4 is 11.1 Å². The average Bonchev–Trinajstić information content (AvgIpc) is 2.82. The van der Waals surface area contributed by atoms with Gasteiger partial charge in [0.25, 0.3) is 0 Å². The maximum Gasteiger partial charge on any atom is 0.157 e. The molecule has 0 spiro atoms. The predicted octanol–water partition coefficient (Wildman–Crippen LogP) is 2.58. The molecular weight excluding hydrogens is 240 g/mol. The Balaban J connectivity index is 2.11. The molecule has 16 heavy (non-hydrogen) atoms. The molecule has 6 heteroatoms. The van der Waals surface area contributed by atoms with Crippen LogP contribution in [0.3, 0.4) is 0 Å². The van der Waals surface area contributed by atoms with Crippen LogP contribution in [-0.4, -0.2) is 4.37 Å². The molecule has 0 aliphatic rings. The van der Waals surface area contributed by atoms with Crippen LogP contribution in [0.1, 0.15) is 16.0 Å². The number of nitrogens with one attached hydrogen (secondary N) is 1. The van der Waals surface area contributed by atoms with Crippen LogP contribution in [0.15, 0.2) is 11.4 Å². The Morgan fingerprint density at radius 1 is 1.62 bits per heavy atom. The van der Waals surface area contributed by atoms with Gasteiger partial charge < -0.3 is 11.1 Å². The van der Waals surface area contributed by atoms with Gasteiger partial charge in [-0.15, -0.1) is 11.3 Å². The predicted molar refractivity (Wildman–Crippen MR) is 67.6 cm³/mol. The van der Waals surface area contributed by atoms with E-state index in [1.54, 1.807) is 11.3 Å². The summed E-state index contributed by atoms with van der Waals surface area (Å²) in [7, 11) is 0. The second kappa shape index (κ2) is 4.51. The Labute approximate surface area is 102 Å². The summed E-state index contributed by atoms with van der Waals surface area (Å²) in [6.45, 7) is 2.78. The zero-order chi connectivity index (χ0) is 11.5. The second-order valence-electron chi connectivity index (χ2n) is 3.26. The van der Waals surface area contributed by atoms with Crippen molar-refractivity contribution in [1.82, 2.24) is 4.37 Å². The number of rotatable bonds is 3. The fourth-order valence-electron chi connectivity index (χ4n) is 1.28. The molecule has 0 amide bonds. The maximum atomic E-state index is 8.90. The van der Waals surface area contributed by atoms with Gasteiger partial charge >= 0.3 is 0 Å². The van der Waals surface area contributed by atoms with Gasteiger partial charge in [0.15, 0.2) is 5.82 Å². The van der Waals surface area contributed by atoms with E-state index in [2.05, 4.69) is 34.1 Å². The normalized spacial score (nSPS) is 10.0. The van der Waals surface area contributed by atoms with Gasteiger partial charge in [0.1, 0.15) is 16.6 Å². The molecule has 0 aromatic carbocycles. The molecule has 4 nitrogen and oxygen atoms in total. The summed E-state index contributed by atoms with van der Waals surface area (Å²) in [5, 5.41) is 14.9. The van der Waals surface area contributed by atoms with E-state index in [1.807, 2.05) is 0 Å².